The summed E-state index contributed by atoms with van der Waals surface area (Å²) < 4.78 is 10.3. The van der Waals surface area contributed by atoms with E-state index in [1.165, 1.54) is 6.33 Å². The van der Waals surface area contributed by atoms with Crippen molar-refractivity contribution in [1.29, 1.82) is 0 Å². The number of halogens is 1. The number of hydrogen-bond acceptors (Lipinski definition) is 4. The molecule has 0 aliphatic carbocycles. The Balaban J connectivity index is 2.49. The molecule has 1 aromatic rings. The third-order valence-corrected chi connectivity index (χ3v) is 1.57. The number of hydrogen-bond donors (Lipinski definition) is 0. The van der Waals surface area contributed by atoms with Gasteiger partial charge in [0.05, 0.1) is 0 Å². The van der Waals surface area contributed by atoms with Crippen LogP contribution in [0.4, 0.5) is 0 Å². The fourth-order valence-electron chi connectivity index (χ4n) is 0.844. The van der Waals surface area contributed by atoms with E-state index in [0.29, 0.717) is 30.0 Å². The predicted octanol–water partition coefficient (Wildman–Crippen LogP) is 0.901. The average Bonchev–Trinajstić information content (AvgIpc) is 2.06. The summed E-state index contributed by atoms with van der Waals surface area (Å²) in [4.78, 5) is 7.58. The van der Waals surface area contributed by atoms with Crippen molar-refractivity contribution in [3.05, 3.63) is 11.5 Å². The highest BCUT2D eigenvalue weighted by molar-refractivity contribution is 6.31. The Morgan fingerprint density at radius 1 is 1.27 bits per heavy atom. The van der Waals surface area contributed by atoms with Crippen LogP contribution in [-0.4, -0.2) is 23.2 Å². The first-order chi connectivity index (χ1) is 5.38. The molecule has 0 radical (unpaired) electrons. The summed E-state index contributed by atoms with van der Waals surface area (Å²) >= 11 is 5.69. The molecule has 1 aliphatic rings. The molecule has 0 saturated heterocycles. The molecule has 0 aromatic carbocycles. The average molecular weight is 173 g/mol. The van der Waals surface area contributed by atoms with Crippen LogP contribution in [0.5, 0.6) is 11.6 Å². The van der Waals surface area contributed by atoms with Gasteiger partial charge in [0, 0.05) is 0 Å². The summed E-state index contributed by atoms with van der Waals surface area (Å²) in [5, 5.41) is 0.301. The van der Waals surface area contributed by atoms with Crippen LogP contribution in [0.25, 0.3) is 0 Å². The molecular formula is C6H5ClN2O2. The van der Waals surface area contributed by atoms with E-state index in [1.54, 1.807) is 0 Å². The highest BCUT2D eigenvalue weighted by Crippen LogP contribution is 2.32. The minimum Gasteiger partial charge on any atom is -0.482 e. The monoisotopic (exact) mass is 172 g/mol. The Kier molecular flexibility index (Phi) is 1.54. The molecule has 0 bridgehead atoms. The molecule has 0 unspecified atom stereocenters. The summed E-state index contributed by atoms with van der Waals surface area (Å²) in [6.45, 7) is 1.01. The van der Waals surface area contributed by atoms with Gasteiger partial charge in [-0.25, -0.2) is 4.98 Å². The zero-order valence-corrected chi connectivity index (χ0v) is 6.34. The topological polar surface area (TPSA) is 44.2 Å². The van der Waals surface area contributed by atoms with E-state index in [9.17, 15) is 0 Å². The quantitative estimate of drug-likeness (QED) is 0.546. The maximum absolute atomic E-state index is 5.69. The van der Waals surface area contributed by atoms with E-state index < -0.39 is 0 Å². The van der Waals surface area contributed by atoms with Crippen LogP contribution in [0.1, 0.15) is 0 Å². The second kappa shape index (κ2) is 2.54. The fourth-order valence-corrected chi connectivity index (χ4v) is 1.02. The fraction of sp³-hybridized carbons (Fsp3) is 0.333. The van der Waals surface area contributed by atoms with Crippen molar-refractivity contribution < 1.29 is 9.47 Å². The lowest BCUT2D eigenvalue weighted by Crippen LogP contribution is -2.16. The molecule has 0 atom stereocenters. The molecule has 1 aliphatic heterocycles. The highest BCUT2D eigenvalue weighted by atomic mass is 35.5. The Bertz CT molecular complexity index is 279. The third kappa shape index (κ3) is 1.09. The third-order valence-electron chi connectivity index (χ3n) is 1.30. The minimum atomic E-state index is 0.301. The van der Waals surface area contributed by atoms with Crippen LogP contribution < -0.4 is 9.47 Å². The summed E-state index contributed by atoms with van der Waals surface area (Å²) in [6, 6.07) is 0. The van der Waals surface area contributed by atoms with E-state index in [0.717, 1.165) is 0 Å². The van der Waals surface area contributed by atoms with Crippen molar-refractivity contribution in [2.75, 3.05) is 13.2 Å². The molecular weight excluding hydrogens is 168 g/mol. The van der Waals surface area contributed by atoms with Gasteiger partial charge in [-0.05, 0) is 0 Å². The van der Waals surface area contributed by atoms with Gasteiger partial charge in [-0.1, -0.05) is 11.6 Å². The summed E-state index contributed by atoms with van der Waals surface area (Å²) in [6.07, 6.45) is 1.34. The highest BCUT2D eigenvalue weighted by Gasteiger charge is 2.16. The number of rotatable bonds is 0. The molecule has 5 heteroatoms. The van der Waals surface area contributed by atoms with Crippen LogP contribution >= 0.6 is 11.6 Å². The largest absolute Gasteiger partial charge is 0.482 e. The molecule has 2 rings (SSSR count). The van der Waals surface area contributed by atoms with Crippen LogP contribution in [0, 0.1) is 0 Å². The van der Waals surface area contributed by atoms with Crippen LogP contribution in [0.3, 0.4) is 0 Å². The molecule has 0 saturated carbocycles. The van der Waals surface area contributed by atoms with Crippen molar-refractivity contribution in [1.82, 2.24) is 9.97 Å². The normalized spacial score (nSPS) is 14.6. The van der Waals surface area contributed by atoms with E-state index in [1.807, 2.05) is 0 Å². The number of ether oxygens (including phenoxy) is 2. The number of nitrogens with zero attached hydrogens (tertiary/aromatic N) is 2. The Morgan fingerprint density at radius 2 is 2.09 bits per heavy atom. The second-order valence-corrected chi connectivity index (χ2v) is 2.35. The molecule has 0 fully saturated rings. The van der Waals surface area contributed by atoms with Crippen LogP contribution in [0.2, 0.25) is 5.15 Å². The zero-order chi connectivity index (χ0) is 7.68. The summed E-state index contributed by atoms with van der Waals surface area (Å²) in [5.41, 5.74) is 0. The minimum absolute atomic E-state index is 0.301. The van der Waals surface area contributed by atoms with Gasteiger partial charge in [0.2, 0.25) is 5.75 Å². The van der Waals surface area contributed by atoms with Gasteiger partial charge in [0.15, 0.2) is 5.15 Å². The molecule has 11 heavy (non-hydrogen) atoms. The van der Waals surface area contributed by atoms with Crippen molar-refractivity contribution >= 4 is 11.6 Å². The van der Waals surface area contributed by atoms with E-state index in [-0.39, 0.29) is 0 Å². The molecule has 0 amide bonds. The summed E-state index contributed by atoms with van der Waals surface area (Å²) in [7, 11) is 0. The summed E-state index contributed by atoms with van der Waals surface area (Å²) in [5.74, 6) is 0.872. The predicted molar refractivity (Wildman–Crippen MR) is 38.0 cm³/mol. The van der Waals surface area contributed by atoms with Crippen molar-refractivity contribution in [2.45, 2.75) is 0 Å². The van der Waals surface area contributed by atoms with Crippen molar-refractivity contribution in [2.24, 2.45) is 0 Å². The smallest absolute Gasteiger partial charge is 0.261 e. The van der Waals surface area contributed by atoms with Gasteiger partial charge in [-0.3, -0.25) is 0 Å². The molecule has 4 nitrogen and oxygen atoms in total. The van der Waals surface area contributed by atoms with Crippen LogP contribution in [0.15, 0.2) is 6.33 Å². The van der Waals surface area contributed by atoms with E-state index >= 15 is 0 Å². The van der Waals surface area contributed by atoms with E-state index in [2.05, 4.69) is 9.97 Å². The number of fused-ring (bicyclic) bond motifs is 1. The Labute approximate surface area is 68.1 Å². The van der Waals surface area contributed by atoms with E-state index in [4.69, 9.17) is 21.1 Å². The van der Waals surface area contributed by atoms with Gasteiger partial charge in [0.25, 0.3) is 5.88 Å². The second-order valence-electron chi connectivity index (χ2n) is 2.00. The maximum Gasteiger partial charge on any atom is 0.261 e. The van der Waals surface area contributed by atoms with Crippen molar-refractivity contribution in [3.63, 3.8) is 0 Å². The molecule has 0 spiro atoms. The molecule has 2 heterocycles. The van der Waals surface area contributed by atoms with Crippen molar-refractivity contribution in [3.8, 4) is 11.6 Å². The molecule has 58 valence electrons. The van der Waals surface area contributed by atoms with Gasteiger partial charge in [0.1, 0.15) is 19.5 Å². The van der Waals surface area contributed by atoms with Gasteiger partial charge >= 0.3 is 0 Å². The first-order valence-corrected chi connectivity index (χ1v) is 3.52. The Hall–Kier alpha value is -1.03. The lowest BCUT2D eigenvalue weighted by molar-refractivity contribution is 0.163. The lowest BCUT2D eigenvalue weighted by Gasteiger charge is -2.16. The first kappa shape index (κ1) is 6.67. The number of aromatic nitrogens is 2. The van der Waals surface area contributed by atoms with Crippen LogP contribution in [-0.2, 0) is 0 Å². The van der Waals surface area contributed by atoms with Gasteiger partial charge in [-0.2, -0.15) is 4.98 Å². The molecule has 0 N–H and O–H groups in total. The molecule has 1 aromatic heterocycles. The lowest BCUT2D eigenvalue weighted by atomic mass is 10.5. The standard InChI is InChI=1S/C6H5ClN2O2/c7-5-4-6(9-3-8-5)11-2-1-10-4/h3H,1-2H2. The zero-order valence-electron chi connectivity index (χ0n) is 5.58. The Morgan fingerprint density at radius 3 is 2.91 bits per heavy atom. The van der Waals surface area contributed by atoms with Gasteiger partial charge < -0.3 is 9.47 Å². The van der Waals surface area contributed by atoms with Gasteiger partial charge in [-0.15, -0.1) is 0 Å². The SMILES string of the molecule is Clc1ncnc2c1OCCO2. The first-order valence-electron chi connectivity index (χ1n) is 3.14. The maximum atomic E-state index is 5.69.